The van der Waals surface area contributed by atoms with Gasteiger partial charge in [0, 0.05) is 18.1 Å². The highest BCUT2D eigenvalue weighted by atomic mass is 79.9. The number of aromatic nitrogens is 1. The smallest absolute Gasteiger partial charge is 0.228 e. The number of carbonyl (C=O) groups is 1. The molecular formula is C16H18BrN3O2. The molecule has 0 spiro atoms. The maximum absolute atomic E-state index is 12.0. The Morgan fingerprint density at radius 3 is 2.86 bits per heavy atom. The topological polar surface area (TPSA) is 63.2 Å². The number of benzene rings is 1. The van der Waals surface area contributed by atoms with Crippen LogP contribution in [-0.2, 0) is 16.0 Å². The van der Waals surface area contributed by atoms with E-state index in [1.54, 1.807) is 13.3 Å². The van der Waals surface area contributed by atoms with Crippen LogP contribution in [-0.4, -0.2) is 31.2 Å². The second-order valence-electron chi connectivity index (χ2n) is 4.71. The molecule has 0 aliphatic heterocycles. The fraction of sp³-hybridized carbons (Fsp3) is 0.250. The minimum atomic E-state index is -0.0695. The number of nitrogens with one attached hydrogen (secondary N) is 2. The molecule has 1 aromatic heterocycles. The van der Waals surface area contributed by atoms with Crippen molar-refractivity contribution in [1.82, 2.24) is 4.98 Å². The number of rotatable bonds is 7. The van der Waals surface area contributed by atoms with Crippen molar-refractivity contribution in [3.05, 3.63) is 52.6 Å². The number of methoxy groups -OCH3 is 1. The molecule has 0 unspecified atom stereocenters. The Labute approximate surface area is 138 Å². The molecule has 0 fully saturated rings. The first kappa shape index (κ1) is 16.5. The number of halogens is 1. The lowest BCUT2D eigenvalue weighted by atomic mass is 10.1. The molecule has 0 aliphatic carbocycles. The van der Waals surface area contributed by atoms with E-state index in [0.717, 1.165) is 15.9 Å². The van der Waals surface area contributed by atoms with Gasteiger partial charge in [0.1, 0.15) is 5.82 Å². The largest absolute Gasteiger partial charge is 0.383 e. The van der Waals surface area contributed by atoms with E-state index in [9.17, 15) is 4.79 Å². The third-order valence-corrected chi connectivity index (χ3v) is 3.41. The zero-order chi connectivity index (χ0) is 15.8. The third-order valence-electron chi connectivity index (χ3n) is 2.91. The van der Waals surface area contributed by atoms with Gasteiger partial charge in [-0.15, -0.1) is 0 Å². The Morgan fingerprint density at radius 2 is 2.18 bits per heavy atom. The normalized spacial score (nSPS) is 10.3. The Hall–Kier alpha value is -1.92. The Morgan fingerprint density at radius 1 is 1.32 bits per heavy atom. The standard InChI is InChI=1S/C16H18BrN3O2/c1-22-8-7-18-15-6-5-14(11-19-15)20-16(21)10-12-3-2-4-13(17)9-12/h2-6,9,11H,7-8,10H2,1H3,(H,18,19)(H,20,21). The van der Waals surface area contributed by atoms with E-state index >= 15 is 0 Å². The summed E-state index contributed by atoms with van der Waals surface area (Å²) in [6.45, 7) is 1.31. The molecule has 116 valence electrons. The molecule has 5 nitrogen and oxygen atoms in total. The molecule has 2 N–H and O–H groups in total. The van der Waals surface area contributed by atoms with E-state index in [-0.39, 0.29) is 5.91 Å². The van der Waals surface area contributed by atoms with Crippen LogP contribution in [0.25, 0.3) is 0 Å². The van der Waals surface area contributed by atoms with Crippen LogP contribution in [0.5, 0.6) is 0 Å². The van der Waals surface area contributed by atoms with Gasteiger partial charge in [-0.3, -0.25) is 4.79 Å². The molecule has 2 aromatic rings. The first-order chi connectivity index (χ1) is 10.7. The number of anilines is 2. The summed E-state index contributed by atoms with van der Waals surface area (Å²) in [6.07, 6.45) is 1.96. The first-order valence-electron chi connectivity index (χ1n) is 6.90. The number of amides is 1. The van der Waals surface area contributed by atoms with E-state index in [0.29, 0.717) is 25.3 Å². The number of nitrogens with zero attached hydrogens (tertiary/aromatic N) is 1. The van der Waals surface area contributed by atoms with Gasteiger partial charge < -0.3 is 15.4 Å². The fourth-order valence-corrected chi connectivity index (χ4v) is 2.34. The highest BCUT2D eigenvalue weighted by Crippen LogP contribution is 2.13. The summed E-state index contributed by atoms with van der Waals surface area (Å²) in [5.41, 5.74) is 1.63. The van der Waals surface area contributed by atoms with Gasteiger partial charge in [-0.25, -0.2) is 4.98 Å². The van der Waals surface area contributed by atoms with Gasteiger partial charge in [0.2, 0.25) is 5.91 Å². The van der Waals surface area contributed by atoms with Crippen molar-refractivity contribution in [3.8, 4) is 0 Å². The molecule has 0 atom stereocenters. The molecule has 1 heterocycles. The van der Waals surface area contributed by atoms with Crippen LogP contribution in [0.2, 0.25) is 0 Å². The van der Waals surface area contributed by atoms with E-state index in [1.807, 2.05) is 36.4 Å². The molecule has 0 radical (unpaired) electrons. The van der Waals surface area contributed by atoms with Crippen molar-refractivity contribution in [2.75, 3.05) is 30.9 Å². The highest BCUT2D eigenvalue weighted by Gasteiger charge is 2.05. The molecule has 1 amide bonds. The van der Waals surface area contributed by atoms with Crippen LogP contribution in [0, 0.1) is 0 Å². The van der Waals surface area contributed by atoms with Gasteiger partial charge >= 0.3 is 0 Å². The van der Waals surface area contributed by atoms with Gasteiger partial charge in [0.15, 0.2) is 0 Å². The average Bonchev–Trinajstić information content (AvgIpc) is 2.49. The predicted octanol–water partition coefficient (Wildman–Crippen LogP) is 3.08. The molecule has 0 saturated carbocycles. The highest BCUT2D eigenvalue weighted by molar-refractivity contribution is 9.10. The summed E-state index contributed by atoms with van der Waals surface area (Å²) in [6, 6.07) is 11.3. The number of hydrogen-bond donors (Lipinski definition) is 2. The third kappa shape index (κ3) is 5.46. The van der Waals surface area contributed by atoms with Gasteiger partial charge in [-0.05, 0) is 29.8 Å². The lowest BCUT2D eigenvalue weighted by Gasteiger charge is -2.08. The zero-order valence-electron chi connectivity index (χ0n) is 12.3. The molecule has 22 heavy (non-hydrogen) atoms. The number of ether oxygens (including phenoxy) is 1. The summed E-state index contributed by atoms with van der Waals surface area (Å²) in [4.78, 5) is 16.2. The second-order valence-corrected chi connectivity index (χ2v) is 5.62. The molecule has 0 aliphatic rings. The molecular weight excluding hydrogens is 346 g/mol. The first-order valence-corrected chi connectivity index (χ1v) is 7.70. The zero-order valence-corrected chi connectivity index (χ0v) is 13.9. The number of pyridine rings is 1. The monoisotopic (exact) mass is 363 g/mol. The van der Waals surface area contributed by atoms with Crippen molar-refractivity contribution in [1.29, 1.82) is 0 Å². The van der Waals surface area contributed by atoms with Crippen LogP contribution in [0.15, 0.2) is 47.1 Å². The van der Waals surface area contributed by atoms with E-state index in [1.165, 1.54) is 0 Å². The lowest BCUT2D eigenvalue weighted by molar-refractivity contribution is -0.115. The minimum absolute atomic E-state index is 0.0695. The Balaban J connectivity index is 1.86. The number of hydrogen-bond acceptors (Lipinski definition) is 4. The predicted molar refractivity (Wildman–Crippen MR) is 91.1 cm³/mol. The quantitative estimate of drug-likeness (QED) is 0.742. The SMILES string of the molecule is COCCNc1ccc(NC(=O)Cc2cccc(Br)c2)cn1. The van der Waals surface area contributed by atoms with Crippen LogP contribution in [0.1, 0.15) is 5.56 Å². The maximum atomic E-state index is 12.0. The Kier molecular flexibility index (Phi) is 6.36. The summed E-state index contributed by atoms with van der Waals surface area (Å²) in [7, 11) is 1.65. The van der Waals surface area contributed by atoms with Crippen LogP contribution in [0.4, 0.5) is 11.5 Å². The summed E-state index contributed by atoms with van der Waals surface area (Å²) in [5.74, 6) is 0.682. The van der Waals surface area contributed by atoms with Gasteiger partial charge in [0.05, 0.1) is 24.9 Å². The van der Waals surface area contributed by atoms with Gasteiger partial charge in [0.25, 0.3) is 0 Å². The van der Waals surface area contributed by atoms with E-state index in [2.05, 4.69) is 31.5 Å². The van der Waals surface area contributed by atoms with Gasteiger partial charge in [-0.2, -0.15) is 0 Å². The fourth-order valence-electron chi connectivity index (χ4n) is 1.89. The van der Waals surface area contributed by atoms with Crippen molar-refractivity contribution >= 4 is 33.3 Å². The van der Waals surface area contributed by atoms with Crippen LogP contribution < -0.4 is 10.6 Å². The minimum Gasteiger partial charge on any atom is -0.383 e. The summed E-state index contributed by atoms with van der Waals surface area (Å²) >= 11 is 3.40. The number of carbonyl (C=O) groups excluding carboxylic acids is 1. The van der Waals surface area contributed by atoms with Crippen molar-refractivity contribution in [3.63, 3.8) is 0 Å². The summed E-state index contributed by atoms with van der Waals surface area (Å²) in [5, 5.41) is 5.95. The van der Waals surface area contributed by atoms with Crippen molar-refractivity contribution < 1.29 is 9.53 Å². The van der Waals surface area contributed by atoms with Crippen molar-refractivity contribution in [2.45, 2.75) is 6.42 Å². The molecule has 1 aromatic carbocycles. The van der Waals surface area contributed by atoms with Crippen molar-refractivity contribution in [2.24, 2.45) is 0 Å². The Bertz CT molecular complexity index is 617. The van der Waals surface area contributed by atoms with Crippen LogP contribution >= 0.6 is 15.9 Å². The van der Waals surface area contributed by atoms with Crippen LogP contribution in [0.3, 0.4) is 0 Å². The molecule has 0 bridgehead atoms. The molecule has 6 heteroatoms. The van der Waals surface area contributed by atoms with E-state index < -0.39 is 0 Å². The summed E-state index contributed by atoms with van der Waals surface area (Å²) < 4.78 is 5.92. The second kappa shape index (κ2) is 8.51. The molecule has 2 rings (SSSR count). The van der Waals surface area contributed by atoms with Gasteiger partial charge in [-0.1, -0.05) is 28.1 Å². The maximum Gasteiger partial charge on any atom is 0.228 e. The lowest BCUT2D eigenvalue weighted by Crippen LogP contribution is -2.15. The average molecular weight is 364 g/mol. The molecule has 0 saturated heterocycles. The van der Waals surface area contributed by atoms with E-state index in [4.69, 9.17) is 4.74 Å².